The smallest absolute Gasteiger partial charge is 0.355 e. The average Bonchev–Trinajstić information content (AvgIpc) is 3.38. The Morgan fingerprint density at radius 2 is 1.82 bits per heavy atom. The molecule has 1 aromatic heterocycles. The van der Waals surface area contributed by atoms with Gasteiger partial charge < -0.3 is 10.2 Å². The first-order chi connectivity index (χ1) is 17.6. The van der Waals surface area contributed by atoms with Crippen LogP contribution in [-0.4, -0.2) is 66.5 Å². The molecule has 2 aliphatic heterocycles. The van der Waals surface area contributed by atoms with Crippen LogP contribution in [0.4, 0.5) is 32.2 Å². The number of hydroxylamine groups is 2. The highest BCUT2D eigenvalue weighted by Crippen LogP contribution is 2.49. The molecule has 15 heteroatoms. The molecule has 0 bridgehead atoms. The molecule has 38 heavy (non-hydrogen) atoms. The van der Waals surface area contributed by atoms with E-state index in [1.807, 2.05) is 0 Å². The van der Waals surface area contributed by atoms with Gasteiger partial charge in [-0.15, -0.1) is 0 Å². The molecule has 0 radical (unpaired) electrons. The van der Waals surface area contributed by atoms with Crippen molar-refractivity contribution in [3.63, 3.8) is 0 Å². The third-order valence-corrected chi connectivity index (χ3v) is 6.90. The van der Waals surface area contributed by atoms with Crippen molar-refractivity contribution in [3.05, 3.63) is 57.2 Å². The van der Waals surface area contributed by atoms with Gasteiger partial charge in [0.25, 0.3) is 11.8 Å². The maximum Gasteiger partial charge on any atom is 0.408 e. The number of carbonyl (C=O) groups is 2. The monoisotopic (exact) mass is 584 g/mol. The molecule has 2 aromatic rings. The van der Waals surface area contributed by atoms with Crippen molar-refractivity contribution in [2.75, 3.05) is 31.1 Å². The predicted molar refractivity (Wildman–Crippen MR) is 125 cm³/mol. The zero-order valence-electron chi connectivity index (χ0n) is 19.6. The van der Waals surface area contributed by atoms with Crippen LogP contribution in [-0.2, 0) is 15.0 Å². The minimum absolute atomic E-state index is 0.00118. The average molecular weight is 585 g/mol. The lowest BCUT2D eigenvalue weighted by Crippen LogP contribution is -2.45. The second kappa shape index (κ2) is 10.1. The van der Waals surface area contributed by atoms with Crippen molar-refractivity contribution in [1.29, 1.82) is 0 Å². The Bertz CT molecular complexity index is 1240. The number of amides is 2. The van der Waals surface area contributed by atoms with Crippen LogP contribution in [0, 0.1) is 6.92 Å². The zero-order valence-corrected chi connectivity index (χ0v) is 21.1. The molecule has 206 valence electrons. The molecule has 3 heterocycles. The standard InChI is InChI=1S/C23H20Cl2F6N4O3/c1-12-4-18(32-8-16(12)19(36)33-17-9-38-35(20(17)37)11-22(26,27)28)34-3-2-21(10-34,23(29,30)31)13-5-14(24)7-15(25)6-13/h4-8,17H,2-3,9-11H2,1H3,(H,33,36). The van der Waals surface area contributed by atoms with Gasteiger partial charge in [-0.2, -0.15) is 26.3 Å². The third kappa shape index (κ3) is 5.64. The van der Waals surface area contributed by atoms with E-state index in [9.17, 15) is 35.9 Å². The maximum absolute atomic E-state index is 14.4. The van der Waals surface area contributed by atoms with Crippen molar-refractivity contribution >= 4 is 40.8 Å². The van der Waals surface area contributed by atoms with Crippen LogP contribution in [0.1, 0.15) is 27.9 Å². The molecule has 1 N–H and O–H groups in total. The Labute approximate surface area is 222 Å². The van der Waals surface area contributed by atoms with Crippen LogP contribution in [0.15, 0.2) is 30.5 Å². The van der Waals surface area contributed by atoms with Crippen molar-refractivity contribution in [1.82, 2.24) is 15.4 Å². The Balaban J connectivity index is 1.50. The highest BCUT2D eigenvalue weighted by Gasteiger charge is 2.59. The molecule has 0 saturated carbocycles. The first-order valence-corrected chi connectivity index (χ1v) is 11.9. The molecule has 4 rings (SSSR count). The summed E-state index contributed by atoms with van der Waals surface area (Å²) in [5.74, 6) is -1.66. The SMILES string of the molecule is Cc1cc(N2CCC(c3cc(Cl)cc(Cl)c3)(C(F)(F)F)C2)ncc1C(=O)NC1CON(CC(F)(F)F)C1=O. The number of carbonyl (C=O) groups excluding carboxylic acids is 2. The summed E-state index contributed by atoms with van der Waals surface area (Å²) in [5, 5.41) is 2.59. The van der Waals surface area contributed by atoms with Crippen molar-refractivity contribution in [2.45, 2.75) is 37.2 Å². The van der Waals surface area contributed by atoms with E-state index in [1.54, 1.807) is 0 Å². The minimum atomic E-state index is -4.68. The highest BCUT2D eigenvalue weighted by molar-refractivity contribution is 6.34. The number of nitrogens with zero attached hydrogens (tertiary/aromatic N) is 3. The van der Waals surface area contributed by atoms with E-state index in [1.165, 1.54) is 36.1 Å². The zero-order chi connectivity index (χ0) is 28.0. The summed E-state index contributed by atoms with van der Waals surface area (Å²) < 4.78 is 80.7. The van der Waals surface area contributed by atoms with Gasteiger partial charge in [0.2, 0.25) is 0 Å². The fraction of sp³-hybridized carbons (Fsp3) is 0.435. The molecular weight excluding hydrogens is 565 g/mol. The number of aryl methyl sites for hydroxylation is 1. The number of pyridine rings is 1. The van der Waals surface area contributed by atoms with Gasteiger partial charge >= 0.3 is 12.4 Å². The second-order valence-electron chi connectivity index (χ2n) is 9.08. The van der Waals surface area contributed by atoms with Crippen LogP contribution in [0.3, 0.4) is 0 Å². The number of hydrogen-bond donors (Lipinski definition) is 1. The molecule has 2 unspecified atom stereocenters. The van der Waals surface area contributed by atoms with E-state index in [0.717, 1.165) is 6.20 Å². The highest BCUT2D eigenvalue weighted by atomic mass is 35.5. The molecule has 2 amide bonds. The second-order valence-corrected chi connectivity index (χ2v) is 9.95. The van der Waals surface area contributed by atoms with Crippen molar-refractivity contribution < 1.29 is 40.8 Å². The molecular formula is C23H20Cl2F6N4O3. The van der Waals surface area contributed by atoms with E-state index < -0.39 is 55.3 Å². The lowest BCUT2D eigenvalue weighted by atomic mass is 9.79. The minimum Gasteiger partial charge on any atom is -0.355 e. The molecule has 1 aromatic carbocycles. The van der Waals surface area contributed by atoms with E-state index in [-0.39, 0.29) is 45.0 Å². The summed E-state index contributed by atoms with van der Waals surface area (Å²) in [6, 6.07) is 3.91. The maximum atomic E-state index is 14.4. The van der Waals surface area contributed by atoms with E-state index in [4.69, 9.17) is 28.0 Å². The molecule has 2 saturated heterocycles. The molecule has 2 aliphatic rings. The number of anilines is 1. The van der Waals surface area contributed by atoms with Gasteiger partial charge in [-0.25, -0.2) is 10.0 Å². The summed E-state index contributed by atoms with van der Waals surface area (Å²) in [7, 11) is 0. The van der Waals surface area contributed by atoms with Crippen LogP contribution < -0.4 is 10.2 Å². The number of nitrogens with one attached hydrogen (secondary N) is 1. The van der Waals surface area contributed by atoms with E-state index >= 15 is 0 Å². The molecule has 0 spiro atoms. The Kier molecular flexibility index (Phi) is 7.49. The lowest BCUT2D eigenvalue weighted by Gasteiger charge is -2.33. The number of rotatable bonds is 5. The summed E-state index contributed by atoms with van der Waals surface area (Å²) in [6.07, 6.45) is -8.45. The number of alkyl halides is 6. The topological polar surface area (TPSA) is 74.8 Å². The van der Waals surface area contributed by atoms with Crippen LogP contribution in [0.5, 0.6) is 0 Å². The van der Waals surface area contributed by atoms with Crippen LogP contribution >= 0.6 is 23.2 Å². The van der Waals surface area contributed by atoms with Gasteiger partial charge in [-0.05, 0) is 48.7 Å². The fourth-order valence-electron chi connectivity index (χ4n) is 4.52. The predicted octanol–water partition coefficient (Wildman–Crippen LogP) is 4.84. The number of aromatic nitrogens is 1. The first-order valence-electron chi connectivity index (χ1n) is 11.2. The first kappa shape index (κ1) is 28.2. The Morgan fingerprint density at radius 3 is 2.39 bits per heavy atom. The number of halogens is 8. The van der Waals surface area contributed by atoms with Crippen molar-refractivity contribution in [2.24, 2.45) is 0 Å². The normalized spacial score (nSPS) is 22.3. The third-order valence-electron chi connectivity index (χ3n) is 6.46. The van der Waals surface area contributed by atoms with Gasteiger partial charge in [0.05, 0.1) is 5.56 Å². The molecule has 2 fully saturated rings. The van der Waals surface area contributed by atoms with E-state index in [0.29, 0.717) is 5.56 Å². The van der Waals surface area contributed by atoms with Gasteiger partial charge in [0.1, 0.15) is 30.4 Å². The van der Waals surface area contributed by atoms with Gasteiger partial charge in [-0.3, -0.25) is 14.4 Å². The van der Waals surface area contributed by atoms with E-state index in [2.05, 4.69) is 10.3 Å². The lowest BCUT2D eigenvalue weighted by molar-refractivity contribution is -0.214. The van der Waals surface area contributed by atoms with Gasteiger partial charge in [0.15, 0.2) is 0 Å². The number of hydrogen-bond acceptors (Lipinski definition) is 5. The Morgan fingerprint density at radius 1 is 1.16 bits per heavy atom. The summed E-state index contributed by atoms with van der Waals surface area (Å²) in [4.78, 5) is 35.1. The van der Waals surface area contributed by atoms with Crippen molar-refractivity contribution in [3.8, 4) is 0 Å². The quantitative estimate of drug-likeness (QED) is 0.509. The number of benzene rings is 1. The summed E-state index contributed by atoms with van der Waals surface area (Å²) in [6.45, 7) is -1.04. The van der Waals surface area contributed by atoms with Crippen LogP contribution in [0.2, 0.25) is 10.0 Å². The molecule has 0 aliphatic carbocycles. The molecule has 7 nitrogen and oxygen atoms in total. The Hall–Kier alpha value is -2.77. The largest absolute Gasteiger partial charge is 0.408 e. The van der Waals surface area contributed by atoms with Crippen LogP contribution in [0.25, 0.3) is 0 Å². The summed E-state index contributed by atoms with van der Waals surface area (Å²) >= 11 is 11.9. The fourth-order valence-corrected chi connectivity index (χ4v) is 5.04. The molecule has 2 atom stereocenters. The van der Waals surface area contributed by atoms with Gasteiger partial charge in [-0.1, -0.05) is 23.2 Å². The summed E-state index contributed by atoms with van der Waals surface area (Å²) in [5.41, 5.74) is -1.99. The van der Waals surface area contributed by atoms with Gasteiger partial charge in [0, 0.05) is 29.3 Å².